The third-order valence-corrected chi connectivity index (χ3v) is 5.43. The van der Waals surface area contributed by atoms with Crippen LogP contribution in [0.5, 0.6) is 0 Å². The number of oxime groups is 1. The maximum absolute atomic E-state index is 12.3. The minimum absolute atomic E-state index is 0.123. The van der Waals surface area contributed by atoms with Crippen molar-refractivity contribution in [3.8, 4) is 0 Å². The van der Waals surface area contributed by atoms with Crippen LogP contribution >= 0.6 is 0 Å². The second-order valence-corrected chi connectivity index (χ2v) is 8.17. The van der Waals surface area contributed by atoms with Gasteiger partial charge in [0.15, 0.2) is 0 Å². The van der Waals surface area contributed by atoms with Gasteiger partial charge in [-0.05, 0) is 54.7 Å². The topological polar surface area (TPSA) is 63.6 Å². The molecule has 2 aliphatic rings. The molecule has 0 unspecified atom stereocenters. The molecule has 1 aliphatic heterocycles. The van der Waals surface area contributed by atoms with Crippen molar-refractivity contribution in [2.45, 2.75) is 65.0 Å². The third kappa shape index (κ3) is 3.77. The van der Waals surface area contributed by atoms with Crippen LogP contribution < -0.4 is 5.32 Å². The summed E-state index contributed by atoms with van der Waals surface area (Å²) in [6, 6.07) is 3.78. The van der Waals surface area contributed by atoms with E-state index in [1.54, 1.807) is 12.4 Å². The van der Waals surface area contributed by atoms with E-state index >= 15 is 0 Å². The Balaban J connectivity index is 1.51. The average Bonchev–Trinajstić information content (AvgIpc) is 2.97. The lowest BCUT2D eigenvalue weighted by atomic mass is 9.67. The Bertz CT molecular complexity index is 611. The quantitative estimate of drug-likeness (QED) is 0.924. The molecule has 2 heterocycles. The number of nitrogens with zero attached hydrogens (tertiary/aromatic N) is 2. The lowest BCUT2D eigenvalue weighted by Crippen LogP contribution is -2.39. The fourth-order valence-corrected chi connectivity index (χ4v) is 3.71. The molecule has 5 nitrogen and oxygen atoms in total. The highest BCUT2D eigenvalue weighted by Crippen LogP contribution is 2.45. The highest BCUT2D eigenvalue weighted by Gasteiger charge is 2.45. The highest BCUT2D eigenvalue weighted by atomic mass is 16.7. The monoisotopic (exact) mass is 329 g/mol. The standard InChI is InChI=1S/C19H27N3O2/c1-18(2,3)15-4-8-19(9-5-15)12-16(22-24-19)17(23)21-13-14-6-10-20-11-7-14/h6-7,10-11,15H,4-5,8-9,12-13H2,1-3H3,(H,21,23)/t15-,19+. The van der Waals surface area contributed by atoms with Crippen molar-refractivity contribution in [1.29, 1.82) is 0 Å². The van der Waals surface area contributed by atoms with Crippen molar-refractivity contribution in [2.75, 3.05) is 0 Å². The van der Waals surface area contributed by atoms with E-state index < -0.39 is 0 Å². The van der Waals surface area contributed by atoms with Crippen molar-refractivity contribution in [1.82, 2.24) is 10.3 Å². The van der Waals surface area contributed by atoms with Gasteiger partial charge in [-0.3, -0.25) is 9.78 Å². The summed E-state index contributed by atoms with van der Waals surface area (Å²) in [5, 5.41) is 7.02. The van der Waals surface area contributed by atoms with Gasteiger partial charge in [0.1, 0.15) is 11.3 Å². The summed E-state index contributed by atoms with van der Waals surface area (Å²) in [4.78, 5) is 22.0. The Labute approximate surface area is 143 Å². The molecule has 1 amide bonds. The van der Waals surface area contributed by atoms with Crippen molar-refractivity contribution >= 4 is 11.6 Å². The summed E-state index contributed by atoms with van der Waals surface area (Å²) in [7, 11) is 0. The Kier molecular flexibility index (Phi) is 4.61. The Morgan fingerprint density at radius 2 is 1.96 bits per heavy atom. The highest BCUT2D eigenvalue weighted by molar-refractivity contribution is 6.39. The van der Waals surface area contributed by atoms with E-state index in [4.69, 9.17) is 4.84 Å². The summed E-state index contributed by atoms with van der Waals surface area (Å²) in [5.41, 5.74) is 1.65. The second-order valence-electron chi connectivity index (χ2n) is 8.17. The van der Waals surface area contributed by atoms with Gasteiger partial charge in [0.2, 0.25) is 0 Å². The van der Waals surface area contributed by atoms with Crippen LogP contribution in [0.25, 0.3) is 0 Å². The maximum Gasteiger partial charge on any atom is 0.269 e. The third-order valence-electron chi connectivity index (χ3n) is 5.43. The van der Waals surface area contributed by atoms with Gasteiger partial charge in [-0.2, -0.15) is 0 Å². The van der Waals surface area contributed by atoms with E-state index in [1.807, 2.05) is 12.1 Å². The van der Waals surface area contributed by atoms with Crippen LogP contribution in [0, 0.1) is 11.3 Å². The first-order chi connectivity index (χ1) is 11.4. The van der Waals surface area contributed by atoms with E-state index in [-0.39, 0.29) is 11.5 Å². The van der Waals surface area contributed by atoms with Gasteiger partial charge in [-0.25, -0.2) is 0 Å². The van der Waals surface area contributed by atoms with E-state index in [1.165, 1.54) is 0 Å². The zero-order chi connectivity index (χ0) is 17.2. The number of rotatable bonds is 3. The van der Waals surface area contributed by atoms with Crippen molar-refractivity contribution in [3.63, 3.8) is 0 Å². The number of nitrogens with one attached hydrogen (secondary N) is 1. The normalized spacial score (nSPS) is 26.8. The lowest BCUT2D eigenvalue weighted by Gasteiger charge is -2.40. The molecule has 1 spiro atoms. The Morgan fingerprint density at radius 1 is 1.29 bits per heavy atom. The molecule has 0 radical (unpaired) electrons. The van der Waals surface area contributed by atoms with Gasteiger partial charge >= 0.3 is 0 Å². The predicted octanol–water partition coefficient (Wildman–Crippen LogP) is 3.45. The fourth-order valence-electron chi connectivity index (χ4n) is 3.71. The molecule has 0 atom stereocenters. The molecule has 5 heteroatoms. The summed E-state index contributed by atoms with van der Waals surface area (Å²) in [6.45, 7) is 7.40. The van der Waals surface area contributed by atoms with Crippen LogP contribution in [0.2, 0.25) is 0 Å². The van der Waals surface area contributed by atoms with Gasteiger partial charge in [-0.1, -0.05) is 25.9 Å². The lowest BCUT2D eigenvalue weighted by molar-refractivity contribution is -0.115. The van der Waals surface area contributed by atoms with E-state index in [0.29, 0.717) is 24.1 Å². The Hall–Kier alpha value is -1.91. The zero-order valence-electron chi connectivity index (χ0n) is 14.8. The smallest absolute Gasteiger partial charge is 0.269 e. The second kappa shape index (κ2) is 6.54. The molecule has 1 N–H and O–H groups in total. The molecule has 130 valence electrons. The van der Waals surface area contributed by atoms with Crippen LogP contribution in [0.4, 0.5) is 0 Å². The van der Waals surface area contributed by atoms with Crippen LogP contribution in [-0.2, 0) is 16.2 Å². The first-order valence-corrected chi connectivity index (χ1v) is 8.80. The van der Waals surface area contributed by atoms with Gasteiger partial charge < -0.3 is 10.2 Å². The SMILES string of the molecule is CC(C)(C)[C@H]1CC[C@@]2(CC1)CC(C(=O)NCc1ccncc1)=NO2. The molecule has 24 heavy (non-hydrogen) atoms. The van der Waals surface area contributed by atoms with Crippen LogP contribution in [0.15, 0.2) is 29.7 Å². The average molecular weight is 329 g/mol. The van der Waals surface area contributed by atoms with E-state index in [2.05, 4.69) is 36.2 Å². The predicted molar refractivity (Wildman–Crippen MR) is 93.4 cm³/mol. The van der Waals surface area contributed by atoms with Gasteiger partial charge in [-0.15, -0.1) is 0 Å². The van der Waals surface area contributed by atoms with E-state index in [9.17, 15) is 4.79 Å². The summed E-state index contributed by atoms with van der Waals surface area (Å²) >= 11 is 0. The number of hydrogen-bond donors (Lipinski definition) is 1. The van der Waals surface area contributed by atoms with Crippen molar-refractivity contribution in [2.24, 2.45) is 16.5 Å². The van der Waals surface area contributed by atoms with Gasteiger partial charge in [0.05, 0.1) is 0 Å². The van der Waals surface area contributed by atoms with Crippen molar-refractivity contribution < 1.29 is 9.63 Å². The van der Waals surface area contributed by atoms with Crippen molar-refractivity contribution in [3.05, 3.63) is 30.1 Å². The number of carbonyl (C=O) groups is 1. The van der Waals surface area contributed by atoms with Crippen LogP contribution in [-0.4, -0.2) is 22.2 Å². The largest absolute Gasteiger partial charge is 0.388 e. The number of carbonyl (C=O) groups excluding carboxylic acids is 1. The van der Waals surface area contributed by atoms with E-state index in [0.717, 1.165) is 37.2 Å². The molecule has 0 aromatic carbocycles. The Morgan fingerprint density at radius 3 is 2.58 bits per heavy atom. The first kappa shape index (κ1) is 16.9. The molecule has 1 fully saturated rings. The molecule has 0 saturated heterocycles. The van der Waals surface area contributed by atoms with Gasteiger partial charge in [0, 0.05) is 25.4 Å². The summed E-state index contributed by atoms with van der Waals surface area (Å²) in [6.07, 6.45) is 8.34. The maximum atomic E-state index is 12.3. The molecule has 1 aromatic rings. The number of hydrogen-bond acceptors (Lipinski definition) is 4. The number of amides is 1. The molecule has 0 bridgehead atoms. The summed E-state index contributed by atoms with van der Waals surface area (Å²) < 4.78 is 0. The van der Waals surface area contributed by atoms with Crippen LogP contribution in [0.1, 0.15) is 58.4 Å². The molecular formula is C19H27N3O2. The molecule has 1 aliphatic carbocycles. The first-order valence-electron chi connectivity index (χ1n) is 8.80. The molecular weight excluding hydrogens is 302 g/mol. The molecule has 3 rings (SSSR count). The fraction of sp³-hybridized carbons (Fsp3) is 0.632. The van der Waals surface area contributed by atoms with Gasteiger partial charge in [0.25, 0.3) is 5.91 Å². The molecule has 1 saturated carbocycles. The number of aromatic nitrogens is 1. The number of pyridine rings is 1. The van der Waals surface area contributed by atoms with Crippen LogP contribution in [0.3, 0.4) is 0 Å². The zero-order valence-corrected chi connectivity index (χ0v) is 14.8. The minimum Gasteiger partial charge on any atom is -0.388 e. The molecule has 1 aromatic heterocycles. The summed E-state index contributed by atoms with van der Waals surface area (Å²) in [5.74, 6) is 0.595. The minimum atomic E-state index is -0.245.